The van der Waals surface area contributed by atoms with E-state index in [-0.39, 0.29) is 25.0 Å². The molecular weight excluding hydrogens is 586 g/mol. The third-order valence-corrected chi connectivity index (χ3v) is 4.09. The maximum atomic E-state index is 13.2. The molecule has 28 heavy (non-hydrogen) atoms. The van der Waals surface area contributed by atoms with Crippen LogP contribution in [0.5, 0.6) is 11.8 Å². The van der Waals surface area contributed by atoms with E-state index in [4.69, 9.17) is 35.5 Å². The Bertz CT molecular complexity index is 1400. The Labute approximate surface area is 211 Å². The lowest BCUT2D eigenvalue weighted by Crippen LogP contribution is -2.05. The second kappa shape index (κ2) is 10.1. The molecule has 0 saturated heterocycles. The van der Waals surface area contributed by atoms with Gasteiger partial charge in [0.05, 0.1) is 13.8 Å². The molecule has 2 aromatic heterocycles. The SMILES string of the molecule is [2H]C([2H])([2H])C([2H])(n1nc(Br)nc1Br)C([2H])([2H])[2H].[2H]C([2H])([2H])C([2H])(n1nc(Br)nc1Oc1ccc(F)c(Cl)c1)C([2H])([2H])[2H]. The first-order valence-corrected chi connectivity index (χ1v) is 9.48. The molecule has 7 nitrogen and oxygen atoms in total. The van der Waals surface area contributed by atoms with Crippen molar-refractivity contribution in [2.24, 2.45) is 0 Å². The van der Waals surface area contributed by atoms with Crippen molar-refractivity contribution in [1.29, 1.82) is 0 Å². The number of benzene rings is 1. The molecule has 0 N–H and O–H groups in total. The lowest BCUT2D eigenvalue weighted by molar-refractivity contribution is 0.376. The third kappa shape index (κ3) is 6.23. The maximum Gasteiger partial charge on any atom is 0.321 e. The van der Waals surface area contributed by atoms with Gasteiger partial charge in [0.15, 0.2) is 4.73 Å². The van der Waals surface area contributed by atoms with E-state index < -0.39 is 51.3 Å². The normalized spacial score (nSPS) is 20.9. The van der Waals surface area contributed by atoms with Crippen molar-refractivity contribution in [3.63, 3.8) is 0 Å². The van der Waals surface area contributed by atoms with E-state index >= 15 is 0 Å². The first kappa shape index (κ1) is 10.3. The summed E-state index contributed by atoms with van der Waals surface area (Å²) in [5.74, 6) is -0.762. The number of halogens is 5. The molecule has 0 fully saturated rings. The predicted octanol–water partition coefficient (Wildman–Crippen LogP) is 6.59. The van der Waals surface area contributed by atoms with Gasteiger partial charge >= 0.3 is 6.01 Å². The molecule has 0 spiro atoms. The van der Waals surface area contributed by atoms with Crippen LogP contribution >= 0.6 is 59.4 Å². The topological polar surface area (TPSA) is 70.7 Å². The fraction of sp³-hybridized carbons (Fsp3) is 0.375. The Morgan fingerprint density at radius 1 is 1.07 bits per heavy atom. The summed E-state index contributed by atoms with van der Waals surface area (Å²) in [6.07, 6.45) is 0. The van der Waals surface area contributed by atoms with Crippen molar-refractivity contribution in [2.45, 2.75) is 39.4 Å². The highest BCUT2D eigenvalue weighted by Crippen LogP contribution is 2.27. The van der Waals surface area contributed by atoms with Crippen LogP contribution in [0.3, 0.4) is 0 Å². The first-order chi connectivity index (χ1) is 18.7. The van der Waals surface area contributed by atoms with Crippen LogP contribution in [-0.2, 0) is 0 Å². The van der Waals surface area contributed by atoms with E-state index in [1.54, 1.807) is 0 Å². The van der Waals surface area contributed by atoms with Crippen molar-refractivity contribution < 1.29 is 28.3 Å². The van der Waals surface area contributed by atoms with Crippen molar-refractivity contribution in [3.05, 3.63) is 43.2 Å². The highest BCUT2D eigenvalue weighted by molar-refractivity contribution is 9.11. The standard InChI is InChI=1S/C11H10BrClFN3O.C5H7Br2N3/c1-6(2)17-11(15-10(12)16-17)18-7-3-4-9(14)8(13)5-7;1-3(2)10-5(7)8-4(6)9-10/h3-6H,1-2H3;3H,1-2H3/i1D3,2D3,6D;1D3,2D3,3D. The number of ether oxygens (including phenoxy) is 1. The van der Waals surface area contributed by atoms with Gasteiger partial charge in [-0.3, -0.25) is 0 Å². The average molecular weight is 618 g/mol. The van der Waals surface area contributed by atoms with E-state index in [0.717, 1.165) is 12.1 Å². The molecule has 12 heteroatoms. The number of aromatic nitrogens is 6. The Morgan fingerprint density at radius 3 is 2.25 bits per heavy atom. The molecule has 3 rings (SSSR count). The van der Waals surface area contributed by atoms with Crippen molar-refractivity contribution in [2.75, 3.05) is 0 Å². The highest BCUT2D eigenvalue weighted by Gasteiger charge is 2.14. The van der Waals surface area contributed by atoms with Crippen LogP contribution in [0, 0.1) is 5.82 Å². The monoisotopic (exact) mass is 614 g/mol. The molecule has 0 aliphatic rings. The average Bonchev–Trinajstić information content (AvgIpc) is 3.33. The summed E-state index contributed by atoms with van der Waals surface area (Å²) in [5.41, 5.74) is 0. The molecule has 0 aliphatic heterocycles. The molecule has 1 aromatic carbocycles. The minimum absolute atomic E-state index is 0.00509. The van der Waals surface area contributed by atoms with Crippen LogP contribution in [0.25, 0.3) is 0 Å². The van der Waals surface area contributed by atoms with Crippen LogP contribution in [-0.4, -0.2) is 29.5 Å². The molecule has 0 aliphatic carbocycles. The second-order valence-corrected chi connectivity index (χ2v) is 7.05. The minimum atomic E-state index is -3.29. The Hall–Kier alpha value is -1.04. The Balaban J connectivity index is 0.000000317. The van der Waals surface area contributed by atoms with Crippen LogP contribution < -0.4 is 4.74 Å². The summed E-state index contributed by atoms with van der Waals surface area (Å²) >= 11 is 14.3. The molecule has 0 bridgehead atoms. The van der Waals surface area contributed by atoms with E-state index in [1.807, 2.05) is 0 Å². The van der Waals surface area contributed by atoms with Gasteiger partial charge in [-0.1, -0.05) is 11.6 Å². The number of hydrogen-bond acceptors (Lipinski definition) is 5. The minimum Gasteiger partial charge on any atom is -0.424 e. The number of nitrogens with zero attached hydrogens (tertiary/aromatic N) is 6. The third-order valence-electron chi connectivity index (χ3n) is 2.62. The van der Waals surface area contributed by atoms with Crippen LogP contribution in [0.15, 0.2) is 32.4 Å². The van der Waals surface area contributed by atoms with Gasteiger partial charge in [0, 0.05) is 28.5 Å². The van der Waals surface area contributed by atoms with Gasteiger partial charge in [-0.25, -0.2) is 13.8 Å². The summed E-state index contributed by atoms with van der Waals surface area (Å²) in [7, 11) is 0. The molecule has 0 radical (unpaired) electrons. The number of hydrogen-bond donors (Lipinski definition) is 0. The molecule has 3 aromatic rings. The lowest BCUT2D eigenvalue weighted by atomic mass is 10.3. The van der Waals surface area contributed by atoms with Gasteiger partial charge in [0.25, 0.3) is 0 Å². The molecule has 152 valence electrons. The van der Waals surface area contributed by atoms with Gasteiger partial charge in [0.2, 0.25) is 9.47 Å². The molecule has 2 heterocycles. The zero-order chi connectivity index (χ0) is 32.9. The number of rotatable bonds is 4. The van der Waals surface area contributed by atoms with Gasteiger partial charge in [-0.05, 0) is 87.3 Å². The predicted molar refractivity (Wildman–Crippen MR) is 115 cm³/mol. The summed E-state index contributed by atoms with van der Waals surface area (Å²) in [4.78, 5) is 7.41. The van der Waals surface area contributed by atoms with Crippen LogP contribution in [0.2, 0.25) is 5.02 Å². The fourth-order valence-electron chi connectivity index (χ4n) is 1.54. The van der Waals surface area contributed by atoms with Crippen molar-refractivity contribution >= 4 is 59.4 Å². The Morgan fingerprint density at radius 2 is 1.68 bits per heavy atom. The summed E-state index contributed by atoms with van der Waals surface area (Å²) in [6, 6.07) is -3.41. The van der Waals surface area contributed by atoms with E-state index in [0.29, 0.717) is 9.36 Å². The zero-order valence-electron chi connectivity index (χ0n) is 27.2. The van der Waals surface area contributed by atoms with Gasteiger partial charge in [-0.2, -0.15) is 9.97 Å². The molecule has 0 atom stereocenters. The van der Waals surface area contributed by atoms with Gasteiger partial charge < -0.3 is 4.74 Å². The molecule has 0 amide bonds. The van der Waals surface area contributed by atoms with Crippen LogP contribution in [0.4, 0.5) is 4.39 Å². The molecule has 0 unspecified atom stereocenters. The van der Waals surface area contributed by atoms with E-state index in [2.05, 4.69) is 68.0 Å². The first-order valence-electron chi connectivity index (χ1n) is 13.7. The maximum absolute atomic E-state index is 13.2. The zero-order valence-corrected chi connectivity index (χ0v) is 18.7. The van der Waals surface area contributed by atoms with Gasteiger partial charge in [-0.15, -0.1) is 10.2 Å². The largest absolute Gasteiger partial charge is 0.424 e. The van der Waals surface area contributed by atoms with Crippen LogP contribution in [0.1, 0.15) is 58.6 Å². The lowest BCUT2D eigenvalue weighted by Gasteiger charge is -2.09. The summed E-state index contributed by atoms with van der Waals surface area (Å²) < 4.78 is 123. The highest BCUT2D eigenvalue weighted by atomic mass is 79.9. The van der Waals surface area contributed by atoms with E-state index in [1.165, 1.54) is 6.07 Å². The van der Waals surface area contributed by atoms with Crippen molar-refractivity contribution in [3.8, 4) is 11.8 Å². The summed E-state index contributed by atoms with van der Waals surface area (Å²) in [5, 5.41) is 6.95. The van der Waals surface area contributed by atoms with Crippen molar-refractivity contribution in [1.82, 2.24) is 29.5 Å². The Kier molecular flexibility index (Phi) is 3.73. The quantitative estimate of drug-likeness (QED) is 0.331. The summed E-state index contributed by atoms with van der Waals surface area (Å²) in [6.45, 7) is -12.8. The molecule has 0 saturated carbocycles. The van der Waals surface area contributed by atoms with E-state index in [9.17, 15) is 4.39 Å². The smallest absolute Gasteiger partial charge is 0.321 e. The second-order valence-electron chi connectivity index (χ2n) is 4.51. The molecular formula is C16H17Br3ClFN6O. The van der Waals surface area contributed by atoms with Gasteiger partial charge in [0.1, 0.15) is 11.6 Å². The fourth-order valence-corrected chi connectivity index (χ4v) is 3.01.